The number of nitrogens with one attached hydrogen (secondary N) is 1. The van der Waals surface area contributed by atoms with Gasteiger partial charge in [-0.15, -0.1) is 0 Å². The zero-order valence-corrected chi connectivity index (χ0v) is 11.7. The number of rotatable bonds is 4. The minimum Gasteiger partial charge on any atom is -0.478 e. The van der Waals surface area contributed by atoms with Gasteiger partial charge in [0.2, 0.25) is 0 Å². The van der Waals surface area contributed by atoms with Gasteiger partial charge in [-0.3, -0.25) is 0 Å². The van der Waals surface area contributed by atoms with E-state index < -0.39 is 5.97 Å². The van der Waals surface area contributed by atoms with Crippen LogP contribution in [-0.4, -0.2) is 28.8 Å². The average molecular weight is 285 g/mol. The van der Waals surface area contributed by atoms with Crippen LogP contribution in [0, 0.1) is 5.92 Å². The van der Waals surface area contributed by atoms with Crippen molar-refractivity contribution in [3.8, 4) is 0 Å². The summed E-state index contributed by atoms with van der Waals surface area (Å²) < 4.78 is 0. The van der Waals surface area contributed by atoms with Gasteiger partial charge in [0, 0.05) is 29.6 Å². The van der Waals surface area contributed by atoms with Crippen molar-refractivity contribution in [2.45, 2.75) is 25.3 Å². The number of anilines is 1. The second-order valence-corrected chi connectivity index (χ2v) is 5.64. The van der Waals surface area contributed by atoms with Gasteiger partial charge >= 0.3 is 5.97 Å². The first kappa shape index (κ1) is 13.9. The zero-order valence-electron chi connectivity index (χ0n) is 11.7. The van der Waals surface area contributed by atoms with Crippen molar-refractivity contribution in [2.75, 3.05) is 11.9 Å². The molecule has 0 saturated heterocycles. The van der Waals surface area contributed by atoms with Crippen LogP contribution in [0.25, 0.3) is 10.8 Å². The average Bonchev–Trinajstić information content (AvgIpc) is 2.94. The molecule has 4 heteroatoms. The molecule has 1 saturated carbocycles. The van der Waals surface area contributed by atoms with E-state index >= 15 is 0 Å². The second-order valence-electron chi connectivity index (χ2n) is 5.64. The summed E-state index contributed by atoms with van der Waals surface area (Å²) in [7, 11) is 0. The fraction of sp³-hybridized carbons (Fsp3) is 0.353. The standard InChI is InChI=1S/C17H19NO3/c19-10-11-4-3-7-15(11)18-16-9-8-14(17(20)21)12-5-1-2-6-13(12)16/h1-2,5-6,8-9,11,15,18-19H,3-4,7,10H2,(H,20,21). The van der Waals surface area contributed by atoms with E-state index in [0.29, 0.717) is 5.56 Å². The van der Waals surface area contributed by atoms with Crippen LogP contribution in [0.3, 0.4) is 0 Å². The molecule has 2 unspecified atom stereocenters. The van der Waals surface area contributed by atoms with Crippen molar-refractivity contribution in [3.05, 3.63) is 42.0 Å². The number of carboxylic acids is 1. The van der Waals surface area contributed by atoms with Crippen LogP contribution in [0.1, 0.15) is 29.6 Å². The number of carbonyl (C=O) groups is 1. The Morgan fingerprint density at radius 2 is 1.90 bits per heavy atom. The molecule has 2 aromatic rings. The van der Waals surface area contributed by atoms with Gasteiger partial charge in [0.15, 0.2) is 0 Å². The fourth-order valence-corrected chi connectivity index (χ4v) is 3.26. The van der Waals surface area contributed by atoms with Gasteiger partial charge in [-0.05, 0) is 30.4 Å². The molecule has 0 amide bonds. The van der Waals surface area contributed by atoms with Crippen molar-refractivity contribution < 1.29 is 15.0 Å². The lowest BCUT2D eigenvalue weighted by Gasteiger charge is -2.21. The van der Waals surface area contributed by atoms with Crippen LogP contribution in [0.2, 0.25) is 0 Å². The fourth-order valence-electron chi connectivity index (χ4n) is 3.26. The van der Waals surface area contributed by atoms with Gasteiger partial charge in [0.1, 0.15) is 0 Å². The molecule has 1 fully saturated rings. The van der Waals surface area contributed by atoms with Gasteiger partial charge in [-0.2, -0.15) is 0 Å². The largest absolute Gasteiger partial charge is 0.478 e. The van der Waals surface area contributed by atoms with Gasteiger partial charge in [-0.25, -0.2) is 4.79 Å². The normalized spacial score (nSPS) is 21.6. The van der Waals surface area contributed by atoms with E-state index in [0.717, 1.165) is 35.7 Å². The summed E-state index contributed by atoms with van der Waals surface area (Å²) in [6.07, 6.45) is 3.20. The number of aliphatic hydroxyl groups excluding tert-OH is 1. The van der Waals surface area contributed by atoms with E-state index in [9.17, 15) is 15.0 Å². The third-order valence-electron chi connectivity index (χ3n) is 4.39. The van der Waals surface area contributed by atoms with Crippen LogP contribution in [0.4, 0.5) is 5.69 Å². The molecule has 3 rings (SSSR count). The van der Waals surface area contributed by atoms with Crippen molar-refractivity contribution >= 4 is 22.4 Å². The molecular weight excluding hydrogens is 266 g/mol. The molecular formula is C17H19NO3. The Labute approximate surface area is 123 Å². The highest BCUT2D eigenvalue weighted by molar-refractivity contribution is 6.07. The van der Waals surface area contributed by atoms with E-state index in [-0.39, 0.29) is 18.6 Å². The van der Waals surface area contributed by atoms with E-state index in [4.69, 9.17) is 0 Å². The van der Waals surface area contributed by atoms with Crippen LogP contribution < -0.4 is 5.32 Å². The molecule has 110 valence electrons. The minimum absolute atomic E-state index is 0.197. The second kappa shape index (κ2) is 5.74. The highest BCUT2D eigenvalue weighted by Crippen LogP contribution is 2.32. The number of benzene rings is 2. The number of fused-ring (bicyclic) bond motifs is 1. The Balaban J connectivity index is 2.00. The van der Waals surface area contributed by atoms with Crippen molar-refractivity contribution in [1.82, 2.24) is 0 Å². The lowest BCUT2D eigenvalue weighted by molar-refractivity contribution is 0.0699. The molecule has 0 bridgehead atoms. The predicted molar refractivity (Wildman–Crippen MR) is 82.7 cm³/mol. The molecule has 1 aliphatic rings. The van der Waals surface area contributed by atoms with Crippen LogP contribution in [0.15, 0.2) is 36.4 Å². The van der Waals surface area contributed by atoms with Gasteiger partial charge in [-0.1, -0.05) is 30.7 Å². The van der Waals surface area contributed by atoms with Crippen molar-refractivity contribution in [2.24, 2.45) is 5.92 Å². The van der Waals surface area contributed by atoms with Gasteiger partial charge < -0.3 is 15.5 Å². The third kappa shape index (κ3) is 2.59. The van der Waals surface area contributed by atoms with E-state index in [2.05, 4.69) is 5.32 Å². The van der Waals surface area contributed by atoms with E-state index in [1.807, 2.05) is 30.3 Å². The molecule has 0 radical (unpaired) electrons. The highest BCUT2D eigenvalue weighted by atomic mass is 16.4. The number of aromatic carboxylic acids is 1. The third-order valence-corrected chi connectivity index (χ3v) is 4.39. The van der Waals surface area contributed by atoms with E-state index in [1.54, 1.807) is 6.07 Å². The molecule has 0 heterocycles. The summed E-state index contributed by atoms with van der Waals surface area (Å²) in [5.74, 6) is -0.630. The summed E-state index contributed by atoms with van der Waals surface area (Å²) in [4.78, 5) is 11.3. The Bertz CT molecular complexity index is 668. The highest BCUT2D eigenvalue weighted by Gasteiger charge is 2.26. The lowest BCUT2D eigenvalue weighted by Crippen LogP contribution is -2.26. The molecule has 0 aromatic heterocycles. The summed E-state index contributed by atoms with van der Waals surface area (Å²) in [6, 6.07) is 11.3. The molecule has 3 N–H and O–H groups in total. The summed E-state index contributed by atoms with van der Waals surface area (Å²) >= 11 is 0. The van der Waals surface area contributed by atoms with Crippen LogP contribution >= 0.6 is 0 Å². The summed E-state index contributed by atoms with van der Waals surface area (Å²) in [6.45, 7) is 0.197. The van der Waals surface area contributed by atoms with E-state index in [1.165, 1.54) is 0 Å². The maximum Gasteiger partial charge on any atom is 0.336 e. The zero-order chi connectivity index (χ0) is 14.8. The van der Waals surface area contributed by atoms with Gasteiger partial charge in [0.25, 0.3) is 0 Å². The van der Waals surface area contributed by atoms with Gasteiger partial charge in [0.05, 0.1) is 5.56 Å². The molecule has 0 spiro atoms. The Hall–Kier alpha value is -2.07. The molecule has 21 heavy (non-hydrogen) atoms. The maximum atomic E-state index is 11.3. The Morgan fingerprint density at radius 3 is 2.62 bits per heavy atom. The Kier molecular flexibility index (Phi) is 3.80. The topological polar surface area (TPSA) is 69.6 Å². The number of hydrogen-bond donors (Lipinski definition) is 3. The monoisotopic (exact) mass is 285 g/mol. The maximum absolute atomic E-state index is 11.3. The minimum atomic E-state index is -0.910. The Morgan fingerprint density at radius 1 is 1.14 bits per heavy atom. The van der Waals surface area contributed by atoms with Crippen LogP contribution in [-0.2, 0) is 0 Å². The SMILES string of the molecule is O=C(O)c1ccc(NC2CCCC2CO)c2ccccc12. The number of carboxylic acid groups (broad SMARTS) is 1. The summed E-state index contributed by atoms with van der Waals surface area (Å²) in [5.41, 5.74) is 1.27. The molecule has 2 aromatic carbocycles. The number of aliphatic hydroxyl groups is 1. The van der Waals surface area contributed by atoms with Crippen molar-refractivity contribution in [3.63, 3.8) is 0 Å². The first-order chi connectivity index (χ1) is 10.2. The first-order valence-corrected chi connectivity index (χ1v) is 7.33. The predicted octanol–water partition coefficient (Wildman–Crippen LogP) is 3.11. The number of hydrogen-bond acceptors (Lipinski definition) is 3. The lowest BCUT2D eigenvalue weighted by atomic mass is 10.0. The van der Waals surface area contributed by atoms with Crippen LogP contribution in [0.5, 0.6) is 0 Å². The first-order valence-electron chi connectivity index (χ1n) is 7.33. The molecule has 2 atom stereocenters. The quantitative estimate of drug-likeness (QED) is 0.807. The molecule has 1 aliphatic carbocycles. The molecule has 0 aliphatic heterocycles. The van der Waals surface area contributed by atoms with Crippen molar-refractivity contribution in [1.29, 1.82) is 0 Å². The smallest absolute Gasteiger partial charge is 0.336 e. The molecule has 4 nitrogen and oxygen atoms in total. The summed E-state index contributed by atoms with van der Waals surface area (Å²) in [5, 5.41) is 23.9.